The summed E-state index contributed by atoms with van der Waals surface area (Å²) in [6.45, 7) is 3.56. The molecule has 0 aliphatic carbocycles. The first-order valence-electron chi connectivity index (χ1n) is 5.01. The molecule has 17 heavy (non-hydrogen) atoms. The second-order valence-electron chi connectivity index (χ2n) is 3.84. The number of primary amides is 2. The molecule has 98 valence electrons. The van der Waals surface area contributed by atoms with Gasteiger partial charge in [-0.15, -0.1) is 11.8 Å². The van der Waals surface area contributed by atoms with Crippen molar-refractivity contribution in [1.29, 1.82) is 0 Å². The zero-order valence-corrected chi connectivity index (χ0v) is 10.6. The fraction of sp³-hybridized carbons (Fsp3) is 0.667. The quantitative estimate of drug-likeness (QED) is 0.397. The SMILES string of the molecule is CC(C)[C@@H](N)C(=O)N[C@@H](SCC(N)=O)C(N)=O. The van der Waals surface area contributed by atoms with E-state index < -0.39 is 29.1 Å². The van der Waals surface area contributed by atoms with E-state index in [0.717, 1.165) is 11.8 Å². The number of thioether (sulfide) groups is 1. The zero-order valence-electron chi connectivity index (χ0n) is 9.80. The average Bonchev–Trinajstić information content (AvgIpc) is 2.21. The lowest BCUT2D eigenvalue weighted by Gasteiger charge is -2.19. The van der Waals surface area contributed by atoms with E-state index in [-0.39, 0.29) is 11.7 Å². The average molecular weight is 262 g/mol. The number of nitrogens with two attached hydrogens (primary N) is 3. The van der Waals surface area contributed by atoms with Crippen molar-refractivity contribution in [2.45, 2.75) is 25.3 Å². The molecular formula is C9H18N4O3S. The second kappa shape index (κ2) is 7.13. The van der Waals surface area contributed by atoms with Gasteiger partial charge in [-0.1, -0.05) is 13.8 Å². The van der Waals surface area contributed by atoms with Crippen LogP contribution in [0.15, 0.2) is 0 Å². The van der Waals surface area contributed by atoms with Gasteiger partial charge in [-0.05, 0) is 5.92 Å². The number of carbonyl (C=O) groups excluding carboxylic acids is 3. The Morgan fingerprint density at radius 1 is 1.24 bits per heavy atom. The normalized spacial score (nSPS) is 14.1. The molecule has 7 nitrogen and oxygen atoms in total. The van der Waals surface area contributed by atoms with Crippen molar-refractivity contribution in [3.05, 3.63) is 0 Å². The van der Waals surface area contributed by atoms with Crippen LogP contribution in [0.25, 0.3) is 0 Å². The lowest BCUT2D eigenvalue weighted by molar-refractivity contribution is -0.127. The number of carbonyl (C=O) groups is 3. The van der Waals surface area contributed by atoms with Gasteiger partial charge >= 0.3 is 0 Å². The van der Waals surface area contributed by atoms with Gasteiger partial charge in [0.05, 0.1) is 11.8 Å². The fourth-order valence-electron chi connectivity index (χ4n) is 0.889. The second-order valence-corrected chi connectivity index (χ2v) is 4.93. The molecule has 3 amide bonds. The van der Waals surface area contributed by atoms with Crippen LogP contribution in [0, 0.1) is 5.92 Å². The van der Waals surface area contributed by atoms with Crippen LogP contribution in [0.5, 0.6) is 0 Å². The molecule has 0 saturated carbocycles. The molecule has 0 heterocycles. The van der Waals surface area contributed by atoms with Crippen molar-refractivity contribution in [1.82, 2.24) is 5.32 Å². The molecule has 0 aliphatic heterocycles. The van der Waals surface area contributed by atoms with Gasteiger partial charge in [0.2, 0.25) is 11.8 Å². The molecule has 0 rings (SSSR count). The Morgan fingerprint density at radius 2 is 1.76 bits per heavy atom. The Bertz CT molecular complexity index is 309. The van der Waals surface area contributed by atoms with Crippen LogP contribution in [0.3, 0.4) is 0 Å². The maximum atomic E-state index is 11.6. The summed E-state index contributed by atoms with van der Waals surface area (Å²) in [6, 6.07) is -0.731. The summed E-state index contributed by atoms with van der Waals surface area (Å²) in [6.07, 6.45) is 0. The van der Waals surface area contributed by atoms with E-state index >= 15 is 0 Å². The maximum absolute atomic E-state index is 11.6. The third-order valence-electron chi connectivity index (χ3n) is 1.95. The van der Waals surface area contributed by atoms with E-state index in [0.29, 0.717) is 0 Å². The predicted octanol–water partition coefficient (Wildman–Crippen LogP) is -1.88. The largest absolute Gasteiger partial charge is 0.369 e. The minimum absolute atomic E-state index is 0.0651. The highest BCUT2D eigenvalue weighted by molar-refractivity contribution is 8.01. The molecule has 0 aromatic carbocycles. The summed E-state index contributed by atoms with van der Waals surface area (Å²) in [4.78, 5) is 33.2. The number of amides is 3. The van der Waals surface area contributed by atoms with E-state index in [1.54, 1.807) is 13.8 Å². The van der Waals surface area contributed by atoms with Crippen LogP contribution in [-0.2, 0) is 14.4 Å². The van der Waals surface area contributed by atoms with E-state index in [1.165, 1.54) is 0 Å². The van der Waals surface area contributed by atoms with Crippen molar-refractivity contribution < 1.29 is 14.4 Å². The molecule has 7 N–H and O–H groups in total. The molecule has 0 aromatic heterocycles. The first-order chi connectivity index (χ1) is 7.75. The van der Waals surface area contributed by atoms with Crippen LogP contribution < -0.4 is 22.5 Å². The van der Waals surface area contributed by atoms with Crippen LogP contribution in [0.1, 0.15) is 13.8 Å². The number of hydrogen-bond donors (Lipinski definition) is 4. The van der Waals surface area contributed by atoms with Crippen molar-refractivity contribution in [2.75, 3.05) is 5.75 Å². The summed E-state index contributed by atoms with van der Waals surface area (Å²) in [7, 11) is 0. The molecule has 0 saturated heterocycles. The molecule has 0 fully saturated rings. The first kappa shape index (κ1) is 15.7. The summed E-state index contributed by atoms with van der Waals surface area (Å²) >= 11 is 0.859. The van der Waals surface area contributed by atoms with Crippen LogP contribution in [0.2, 0.25) is 0 Å². The highest BCUT2D eigenvalue weighted by Gasteiger charge is 2.24. The molecule has 0 spiro atoms. The van der Waals surface area contributed by atoms with Crippen molar-refractivity contribution in [3.8, 4) is 0 Å². The van der Waals surface area contributed by atoms with Gasteiger partial charge < -0.3 is 22.5 Å². The highest BCUT2D eigenvalue weighted by atomic mass is 32.2. The Balaban J connectivity index is 4.39. The number of rotatable bonds is 7. The summed E-state index contributed by atoms with van der Waals surface area (Å²) in [5, 5.41) is 1.37. The standard InChI is InChI=1S/C9H18N4O3S/c1-4(2)6(11)8(16)13-9(7(12)15)17-3-5(10)14/h4,6,9H,3,11H2,1-2H3,(H2,10,14)(H2,12,15)(H,13,16)/t6-,9+/m1/s1. The molecule has 8 heteroatoms. The smallest absolute Gasteiger partial charge is 0.250 e. The minimum atomic E-state index is -1.00. The van der Waals surface area contributed by atoms with Crippen molar-refractivity contribution in [3.63, 3.8) is 0 Å². The van der Waals surface area contributed by atoms with E-state index in [2.05, 4.69) is 5.32 Å². The van der Waals surface area contributed by atoms with Gasteiger partial charge in [0.1, 0.15) is 0 Å². The van der Waals surface area contributed by atoms with Gasteiger partial charge in [-0.3, -0.25) is 14.4 Å². The summed E-state index contributed by atoms with van der Waals surface area (Å²) in [5.74, 6) is -2.00. The van der Waals surface area contributed by atoms with Gasteiger partial charge in [-0.25, -0.2) is 0 Å². The Kier molecular flexibility index (Phi) is 6.59. The third kappa shape index (κ3) is 6.12. The predicted molar refractivity (Wildman–Crippen MR) is 65.6 cm³/mol. The fourth-order valence-corrected chi connectivity index (χ4v) is 1.58. The van der Waals surface area contributed by atoms with Gasteiger partial charge in [-0.2, -0.15) is 0 Å². The highest BCUT2D eigenvalue weighted by Crippen LogP contribution is 2.08. The molecular weight excluding hydrogens is 244 g/mol. The van der Waals surface area contributed by atoms with Gasteiger partial charge in [0.25, 0.3) is 5.91 Å². The van der Waals surface area contributed by atoms with E-state index in [4.69, 9.17) is 17.2 Å². The van der Waals surface area contributed by atoms with Gasteiger partial charge in [0, 0.05) is 0 Å². The third-order valence-corrected chi connectivity index (χ3v) is 3.08. The van der Waals surface area contributed by atoms with Crippen LogP contribution in [0.4, 0.5) is 0 Å². The topological polar surface area (TPSA) is 141 Å². The Labute approximate surface area is 104 Å². The van der Waals surface area contributed by atoms with Crippen molar-refractivity contribution >= 4 is 29.5 Å². The molecule has 0 unspecified atom stereocenters. The van der Waals surface area contributed by atoms with Crippen molar-refractivity contribution in [2.24, 2.45) is 23.1 Å². The van der Waals surface area contributed by atoms with E-state index in [1.807, 2.05) is 0 Å². The Morgan fingerprint density at radius 3 is 2.12 bits per heavy atom. The summed E-state index contributed by atoms with van der Waals surface area (Å²) in [5.41, 5.74) is 15.6. The molecule has 0 radical (unpaired) electrons. The van der Waals surface area contributed by atoms with Crippen LogP contribution in [-0.4, -0.2) is 34.9 Å². The number of nitrogens with one attached hydrogen (secondary N) is 1. The maximum Gasteiger partial charge on any atom is 0.250 e. The Hall–Kier alpha value is -1.28. The lowest BCUT2D eigenvalue weighted by Crippen LogP contribution is -2.51. The molecule has 0 aromatic rings. The van der Waals surface area contributed by atoms with Crippen LogP contribution >= 0.6 is 11.8 Å². The zero-order chi connectivity index (χ0) is 13.6. The van der Waals surface area contributed by atoms with E-state index in [9.17, 15) is 14.4 Å². The first-order valence-corrected chi connectivity index (χ1v) is 6.05. The molecule has 0 aliphatic rings. The lowest BCUT2D eigenvalue weighted by atomic mass is 10.1. The monoisotopic (exact) mass is 262 g/mol. The van der Waals surface area contributed by atoms with Gasteiger partial charge in [0.15, 0.2) is 5.37 Å². The number of hydrogen-bond acceptors (Lipinski definition) is 5. The molecule has 0 bridgehead atoms. The molecule has 2 atom stereocenters. The summed E-state index contributed by atoms with van der Waals surface area (Å²) < 4.78 is 0. The minimum Gasteiger partial charge on any atom is -0.369 e.